The van der Waals surface area contributed by atoms with Crippen LogP contribution in [0.3, 0.4) is 0 Å². The van der Waals surface area contributed by atoms with Crippen LogP contribution in [0.4, 0.5) is 0 Å². The van der Waals surface area contributed by atoms with E-state index >= 15 is 0 Å². The van der Waals surface area contributed by atoms with E-state index in [1.165, 1.54) is 20.2 Å². The van der Waals surface area contributed by atoms with E-state index in [0.29, 0.717) is 31.6 Å². The van der Waals surface area contributed by atoms with Gasteiger partial charge in [0.05, 0.1) is 54.1 Å². The van der Waals surface area contributed by atoms with Gasteiger partial charge in [0, 0.05) is 58.3 Å². The van der Waals surface area contributed by atoms with Gasteiger partial charge in [0.15, 0.2) is 12.6 Å². The van der Waals surface area contributed by atoms with Gasteiger partial charge in [0.2, 0.25) is 0 Å². The molecule has 4 heterocycles. The maximum Gasteiger partial charge on any atom is 0.311 e. The topological polar surface area (TPSA) is 216 Å². The molecule has 64 heavy (non-hydrogen) atoms. The highest BCUT2D eigenvalue weighted by Crippen LogP contribution is 2.40. The summed E-state index contributed by atoms with van der Waals surface area (Å²) in [5, 5.41) is 50.4. The molecule has 3 aliphatic rings. The summed E-state index contributed by atoms with van der Waals surface area (Å²) in [5.41, 5.74) is -4.01. The summed E-state index contributed by atoms with van der Waals surface area (Å²) in [4.78, 5) is 35.3. The molecule has 370 valence electrons. The average molecular weight is 914 g/mol. The molecule has 5 N–H and O–H groups in total. The second-order valence-corrected chi connectivity index (χ2v) is 20.0. The minimum absolute atomic E-state index is 0.119. The lowest BCUT2D eigenvalue weighted by molar-refractivity contribution is -0.321. The number of imidazole rings is 1. The summed E-state index contributed by atoms with van der Waals surface area (Å²) < 4.78 is 47.0. The molecule has 0 radical (unpaired) electrons. The molecule has 0 saturated carbocycles. The summed E-state index contributed by atoms with van der Waals surface area (Å²) in [7, 11) is 9.06. The number of aryl methyl sites for hydroxylation is 1. The molecule has 18 nitrogen and oxygen atoms in total. The predicted octanol–water partition coefficient (Wildman–Crippen LogP) is 2.48. The molecule has 1 amide bonds. The minimum Gasteiger partial charge on any atom is -0.459 e. The Morgan fingerprint density at radius 3 is 2.27 bits per heavy atom. The molecule has 18 atom stereocenters. The summed E-state index contributed by atoms with van der Waals surface area (Å²) in [6.45, 7) is 18.8. The van der Waals surface area contributed by atoms with Gasteiger partial charge >= 0.3 is 5.97 Å². The molecule has 1 aromatic heterocycles. The van der Waals surface area contributed by atoms with Crippen molar-refractivity contribution in [2.45, 2.75) is 192 Å². The van der Waals surface area contributed by atoms with Gasteiger partial charge in [0.25, 0.3) is 5.91 Å². The number of rotatable bonds is 13. The van der Waals surface area contributed by atoms with Gasteiger partial charge in [-0.05, 0) is 101 Å². The maximum absolute atomic E-state index is 14.5. The second kappa shape index (κ2) is 22.6. The fourth-order valence-corrected chi connectivity index (χ4v) is 10.1. The fraction of sp³-hybridized carbons (Fsp3) is 0.891. The molecule has 1 aromatic rings. The van der Waals surface area contributed by atoms with Crippen molar-refractivity contribution in [3.05, 3.63) is 18.2 Å². The minimum atomic E-state index is -1.82. The Morgan fingerprint density at radius 1 is 1.00 bits per heavy atom. The van der Waals surface area contributed by atoms with E-state index in [1.54, 1.807) is 52.6 Å². The van der Waals surface area contributed by atoms with Gasteiger partial charge < -0.3 is 73.3 Å². The van der Waals surface area contributed by atoms with Crippen molar-refractivity contribution in [2.75, 3.05) is 47.9 Å². The molecule has 3 fully saturated rings. The van der Waals surface area contributed by atoms with Gasteiger partial charge in [-0.1, -0.05) is 20.8 Å². The van der Waals surface area contributed by atoms with Crippen LogP contribution in [0.15, 0.2) is 12.5 Å². The van der Waals surface area contributed by atoms with Crippen molar-refractivity contribution in [2.24, 2.45) is 24.8 Å². The normalized spacial score (nSPS) is 42.4. The Kier molecular flexibility index (Phi) is 19.2. The van der Waals surface area contributed by atoms with Gasteiger partial charge in [-0.2, -0.15) is 0 Å². The van der Waals surface area contributed by atoms with Crippen molar-refractivity contribution in [3.63, 3.8) is 0 Å². The molecule has 0 bridgehead atoms. The molecule has 0 aliphatic carbocycles. The Labute approximate surface area is 381 Å². The van der Waals surface area contributed by atoms with Gasteiger partial charge in [-0.25, -0.2) is 4.98 Å². The van der Waals surface area contributed by atoms with Crippen LogP contribution in [0.1, 0.15) is 112 Å². The summed E-state index contributed by atoms with van der Waals surface area (Å²) in [6.07, 6.45) is -4.21. The summed E-state index contributed by atoms with van der Waals surface area (Å²) in [6, 6.07) is -0.715. The Morgan fingerprint density at radius 2 is 1.67 bits per heavy atom. The molecule has 4 rings (SSSR count). The number of nitrogens with zero attached hydrogens (tertiary/aromatic N) is 4. The first-order chi connectivity index (χ1) is 29.8. The maximum atomic E-state index is 14.5. The van der Waals surface area contributed by atoms with E-state index < -0.39 is 96.0 Å². The predicted molar refractivity (Wildman–Crippen MR) is 238 cm³/mol. The smallest absolute Gasteiger partial charge is 0.311 e. The van der Waals surface area contributed by atoms with Crippen LogP contribution in [0, 0.1) is 17.8 Å². The first kappa shape index (κ1) is 54.3. The number of aliphatic hydroxyl groups excluding tert-OH is 2. The molecule has 18 heteroatoms. The van der Waals surface area contributed by atoms with E-state index in [1.807, 2.05) is 53.7 Å². The Hall–Kier alpha value is -2.33. The first-order valence-electron chi connectivity index (χ1n) is 23.2. The van der Waals surface area contributed by atoms with Crippen LogP contribution >= 0.6 is 0 Å². The van der Waals surface area contributed by atoms with Crippen molar-refractivity contribution >= 4 is 11.9 Å². The average Bonchev–Trinajstić information content (AvgIpc) is 3.66. The van der Waals surface area contributed by atoms with Crippen LogP contribution in [-0.2, 0) is 45.0 Å². The number of carbonyl (C=O) groups excluding carboxylic acids is 2. The highest BCUT2D eigenvalue weighted by molar-refractivity contribution is 5.92. The third-order valence-electron chi connectivity index (χ3n) is 14.1. The zero-order valence-electron chi connectivity index (χ0n) is 41.2. The van der Waals surface area contributed by atoms with Crippen molar-refractivity contribution in [1.29, 1.82) is 0 Å². The molecule has 0 aromatic carbocycles. The largest absolute Gasteiger partial charge is 0.459 e. The van der Waals surface area contributed by atoms with Gasteiger partial charge in [-0.3, -0.25) is 9.59 Å². The third-order valence-corrected chi connectivity index (χ3v) is 14.1. The number of carbonyl (C=O) groups is 2. The zero-order chi connectivity index (χ0) is 48.1. The van der Waals surface area contributed by atoms with Crippen LogP contribution in [0.25, 0.3) is 0 Å². The van der Waals surface area contributed by atoms with E-state index in [0.717, 1.165) is 0 Å². The molecular formula is C46H83N5O13. The standard InChI is InChI=1S/C46H83N5O13/c1-16-34-46(10,57)38(52)30(6)50(13)24-26(2)21-44(8,56)40(28(4)36(29(5)42(55)62-34)63-35-22-45(9,58-15)39(53)31(7)61-35)64-43-37(32(49(11)12)20-27(3)60-43)59-19-17-18-48-41(54)33-23-47-25-51(33)14/h23,25-32,34-40,43,52-53,56-57H,16-22,24H2,1-15H3,(H,48,54). The van der Waals surface area contributed by atoms with Crippen LogP contribution in [0.5, 0.6) is 0 Å². The van der Waals surface area contributed by atoms with Crippen LogP contribution in [0.2, 0.25) is 0 Å². The van der Waals surface area contributed by atoms with Crippen LogP contribution in [-0.4, -0.2) is 190 Å². The van der Waals surface area contributed by atoms with Gasteiger partial charge in [0.1, 0.15) is 35.7 Å². The Bertz CT molecular complexity index is 1630. The quantitative estimate of drug-likeness (QED) is 0.142. The molecular weight excluding hydrogens is 831 g/mol. The number of amides is 1. The summed E-state index contributed by atoms with van der Waals surface area (Å²) in [5.74, 6) is -2.89. The van der Waals surface area contributed by atoms with Gasteiger partial charge in [-0.15, -0.1) is 0 Å². The fourth-order valence-electron chi connectivity index (χ4n) is 10.1. The van der Waals surface area contributed by atoms with E-state index in [-0.39, 0.29) is 49.8 Å². The number of aromatic nitrogens is 2. The van der Waals surface area contributed by atoms with E-state index in [4.69, 9.17) is 33.2 Å². The van der Waals surface area contributed by atoms with Crippen LogP contribution < -0.4 is 5.32 Å². The van der Waals surface area contributed by atoms with Crippen molar-refractivity contribution in [1.82, 2.24) is 24.7 Å². The zero-order valence-corrected chi connectivity index (χ0v) is 41.2. The number of esters is 1. The van der Waals surface area contributed by atoms with Crippen molar-refractivity contribution < 1.29 is 63.2 Å². The monoisotopic (exact) mass is 914 g/mol. The lowest BCUT2D eigenvalue weighted by atomic mass is 9.77. The number of aliphatic hydroxyl groups is 4. The highest BCUT2D eigenvalue weighted by Gasteiger charge is 2.53. The number of hydrogen-bond acceptors (Lipinski definition) is 16. The first-order valence-corrected chi connectivity index (χ1v) is 23.2. The number of ether oxygens (including phenoxy) is 7. The lowest BCUT2D eigenvalue weighted by Crippen LogP contribution is -2.61. The highest BCUT2D eigenvalue weighted by atomic mass is 16.7. The van der Waals surface area contributed by atoms with E-state index in [9.17, 15) is 30.0 Å². The Balaban J connectivity index is 1.76. The number of methoxy groups -OCH3 is 1. The summed E-state index contributed by atoms with van der Waals surface area (Å²) >= 11 is 0. The lowest BCUT2D eigenvalue weighted by Gasteiger charge is -2.49. The molecule has 18 unspecified atom stereocenters. The number of likely N-dealkylation sites (N-methyl/N-ethyl adjacent to an activating group) is 2. The molecule has 0 spiro atoms. The number of nitrogens with one attached hydrogen (secondary N) is 1. The molecule has 3 saturated heterocycles. The molecule has 3 aliphatic heterocycles. The second-order valence-electron chi connectivity index (χ2n) is 20.0. The third kappa shape index (κ3) is 12.8. The number of cyclic esters (lactones) is 1. The number of hydrogen-bond donors (Lipinski definition) is 5. The van der Waals surface area contributed by atoms with E-state index in [2.05, 4.69) is 15.2 Å². The van der Waals surface area contributed by atoms with Crippen molar-refractivity contribution in [3.8, 4) is 0 Å². The SMILES string of the molecule is CCC1OC(=O)C(C)C(OC2CC(C)(OC)C(O)C(C)O2)C(C)C(OC2OC(C)CC(N(C)C)C2OCCCNC(=O)c2cncn2C)C(C)(O)CC(C)CN(C)C(C)C(O)C1(C)O.